The molecular weight excluding hydrogens is 248 g/mol. The summed E-state index contributed by atoms with van der Waals surface area (Å²) >= 11 is 0. The van der Waals surface area contributed by atoms with Crippen LogP contribution in [0.3, 0.4) is 0 Å². The van der Waals surface area contributed by atoms with E-state index < -0.39 is 11.5 Å². The lowest BCUT2D eigenvalue weighted by Gasteiger charge is -2.11. The van der Waals surface area contributed by atoms with Crippen molar-refractivity contribution < 1.29 is 23.2 Å². The van der Waals surface area contributed by atoms with Gasteiger partial charge in [-0.3, -0.25) is 10.1 Å². The number of nitro groups is 1. The molecule has 0 aliphatic carbocycles. The number of nitrogens with zero attached hydrogens (tertiary/aromatic N) is 1. The Bertz CT molecular complexity index is 449. The van der Waals surface area contributed by atoms with Crippen LogP contribution in [0.1, 0.15) is 12.5 Å². The molecule has 1 aromatic rings. The number of hydrogen-bond acceptors (Lipinski definition) is 4. The molecular formula is C11H11F2NO4. The first kappa shape index (κ1) is 13.9. The van der Waals surface area contributed by atoms with Crippen LogP contribution in [0.25, 0.3) is 6.08 Å². The van der Waals surface area contributed by atoms with Gasteiger partial charge in [-0.2, -0.15) is 8.78 Å². The average Bonchev–Trinajstić information content (AvgIpc) is 2.29. The number of benzene rings is 1. The van der Waals surface area contributed by atoms with Gasteiger partial charge in [-0.15, -0.1) is 0 Å². The molecule has 0 heterocycles. The van der Waals surface area contributed by atoms with Crippen molar-refractivity contribution in [2.24, 2.45) is 0 Å². The zero-order chi connectivity index (χ0) is 13.5. The van der Waals surface area contributed by atoms with Crippen molar-refractivity contribution >= 4 is 6.08 Å². The van der Waals surface area contributed by atoms with Crippen molar-refractivity contribution in [1.82, 2.24) is 0 Å². The van der Waals surface area contributed by atoms with Crippen LogP contribution in [0.4, 0.5) is 8.78 Å². The molecule has 0 aliphatic rings. The zero-order valence-corrected chi connectivity index (χ0v) is 9.51. The molecule has 0 saturated heterocycles. The van der Waals surface area contributed by atoms with E-state index in [4.69, 9.17) is 4.74 Å². The highest BCUT2D eigenvalue weighted by Crippen LogP contribution is 2.30. The molecule has 0 unspecified atom stereocenters. The first-order valence-corrected chi connectivity index (χ1v) is 5.06. The maximum absolute atomic E-state index is 12.1. The molecule has 0 aromatic heterocycles. The van der Waals surface area contributed by atoms with Crippen LogP contribution in [-0.4, -0.2) is 18.1 Å². The third-order valence-corrected chi connectivity index (χ3v) is 1.87. The molecule has 0 bridgehead atoms. The number of halogens is 2. The Morgan fingerprint density at radius 3 is 2.72 bits per heavy atom. The summed E-state index contributed by atoms with van der Waals surface area (Å²) in [5, 5.41) is 10.2. The molecule has 98 valence electrons. The Labute approximate surface area is 102 Å². The minimum atomic E-state index is -2.95. The summed E-state index contributed by atoms with van der Waals surface area (Å²) in [5.41, 5.74) is 0.455. The monoisotopic (exact) mass is 259 g/mol. The lowest BCUT2D eigenvalue weighted by molar-refractivity contribution is -0.400. The smallest absolute Gasteiger partial charge is 0.387 e. The van der Waals surface area contributed by atoms with E-state index in [0.29, 0.717) is 5.56 Å². The van der Waals surface area contributed by atoms with Gasteiger partial charge in [0.1, 0.15) is 0 Å². The Morgan fingerprint density at radius 1 is 1.44 bits per heavy atom. The van der Waals surface area contributed by atoms with Crippen LogP contribution in [0.2, 0.25) is 0 Å². The molecule has 5 nitrogen and oxygen atoms in total. The molecule has 0 N–H and O–H groups in total. The summed E-state index contributed by atoms with van der Waals surface area (Å²) in [6, 6.07) is 4.08. The van der Waals surface area contributed by atoms with Gasteiger partial charge in [-0.25, -0.2) is 0 Å². The molecule has 0 aliphatic heterocycles. The van der Waals surface area contributed by atoms with Crippen LogP contribution in [0.15, 0.2) is 24.4 Å². The number of hydrogen-bond donors (Lipinski definition) is 0. The molecule has 0 atom stereocenters. The van der Waals surface area contributed by atoms with Gasteiger partial charge >= 0.3 is 6.61 Å². The second-order valence-electron chi connectivity index (χ2n) is 3.12. The van der Waals surface area contributed by atoms with Gasteiger partial charge < -0.3 is 9.47 Å². The van der Waals surface area contributed by atoms with E-state index in [2.05, 4.69) is 4.74 Å². The molecule has 18 heavy (non-hydrogen) atoms. The van der Waals surface area contributed by atoms with Crippen molar-refractivity contribution in [2.45, 2.75) is 13.5 Å². The van der Waals surface area contributed by atoms with Gasteiger partial charge in [-0.05, 0) is 24.6 Å². The summed E-state index contributed by atoms with van der Waals surface area (Å²) in [7, 11) is 0. The molecule has 0 radical (unpaired) electrons. The average molecular weight is 259 g/mol. The highest BCUT2D eigenvalue weighted by atomic mass is 19.3. The van der Waals surface area contributed by atoms with Crippen molar-refractivity contribution in [1.29, 1.82) is 0 Å². The van der Waals surface area contributed by atoms with Gasteiger partial charge in [0.25, 0.3) is 0 Å². The standard InChI is InChI=1S/C11H11F2NO4/c1-2-17-10-7-8(5-6-14(15)16)3-4-9(10)18-11(12)13/h3-7,11H,2H2,1H3. The van der Waals surface area contributed by atoms with Crippen LogP contribution in [0.5, 0.6) is 11.5 Å². The normalized spacial score (nSPS) is 10.9. The summed E-state index contributed by atoms with van der Waals surface area (Å²) < 4.78 is 33.6. The third kappa shape index (κ3) is 4.36. The second kappa shape index (κ2) is 6.53. The molecule has 0 spiro atoms. The predicted molar refractivity (Wildman–Crippen MR) is 60.3 cm³/mol. The van der Waals surface area contributed by atoms with Gasteiger partial charge in [0.15, 0.2) is 11.5 Å². The molecule has 0 saturated carbocycles. The topological polar surface area (TPSA) is 61.6 Å². The van der Waals surface area contributed by atoms with Crippen molar-refractivity contribution in [3.8, 4) is 11.5 Å². The maximum atomic E-state index is 12.1. The quantitative estimate of drug-likeness (QED) is 0.582. The number of ether oxygens (including phenoxy) is 2. The van der Waals surface area contributed by atoms with Gasteiger partial charge in [0, 0.05) is 6.08 Å². The number of alkyl halides is 2. The first-order valence-electron chi connectivity index (χ1n) is 5.06. The van der Waals surface area contributed by atoms with E-state index in [1.165, 1.54) is 24.3 Å². The minimum Gasteiger partial charge on any atom is -0.490 e. The maximum Gasteiger partial charge on any atom is 0.387 e. The predicted octanol–water partition coefficient (Wildman–Crippen LogP) is 2.93. The summed E-state index contributed by atoms with van der Waals surface area (Å²) in [5.74, 6) is 0.00778. The summed E-state index contributed by atoms with van der Waals surface area (Å²) in [4.78, 5) is 9.54. The van der Waals surface area contributed by atoms with E-state index in [9.17, 15) is 18.9 Å². The summed E-state index contributed by atoms with van der Waals surface area (Å²) in [6.07, 6.45) is 1.98. The zero-order valence-electron chi connectivity index (χ0n) is 9.51. The fourth-order valence-electron chi connectivity index (χ4n) is 1.24. The first-order chi connectivity index (χ1) is 8.52. The van der Waals surface area contributed by atoms with Crippen LogP contribution < -0.4 is 9.47 Å². The third-order valence-electron chi connectivity index (χ3n) is 1.87. The fraction of sp³-hybridized carbons (Fsp3) is 0.273. The molecule has 1 rings (SSSR count). The van der Waals surface area contributed by atoms with Gasteiger partial charge in [-0.1, -0.05) is 6.07 Å². The lowest BCUT2D eigenvalue weighted by Crippen LogP contribution is -2.04. The Hall–Kier alpha value is -2.18. The van der Waals surface area contributed by atoms with Crippen molar-refractivity contribution in [2.75, 3.05) is 6.61 Å². The highest BCUT2D eigenvalue weighted by molar-refractivity contribution is 5.55. The Kier molecular flexibility index (Phi) is 5.04. The van der Waals surface area contributed by atoms with Gasteiger partial charge in [0.05, 0.1) is 11.5 Å². The van der Waals surface area contributed by atoms with Gasteiger partial charge in [0.2, 0.25) is 6.20 Å². The number of rotatable bonds is 6. The molecule has 1 aromatic carbocycles. The highest BCUT2D eigenvalue weighted by Gasteiger charge is 2.11. The Balaban J connectivity index is 2.98. The van der Waals surface area contributed by atoms with Crippen molar-refractivity contribution in [3.05, 3.63) is 40.1 Å². The largest absolute Gasteiger partial charge is 0.490 e. The van der Waals surface area contributed by atoms with Crippen LogP contribution in [0, 0.1) is 10.1 Å². The van der Waals surface area contributed by atoms with E-state index >= 15 is 0 Å². The fourth-order valence-corrected chi connectivity index (χ4v) is 1.24. The lowest BCUT2D eigenvalue weighted by atomic mass is 10.2. The molecule has 7 heteroatoms. The van der Waals surface area contributed by atoms with Crippen molar-refractivity contribution in [3.63, 3.8) is 0 Å². The minimum absolute atomic E-state index is 0.106. The molecule has 0 amide bonds. The van der Waals surface area contributed by atoms with E-state index in [1.807, 2.05) is 0 Å². The SMILES string of the molecule is CCOc1cc(C=C[N+](=O)[O-])ccc1OC(F)F. The summed E-state index contributed by atoms with van der Waals surface area (Å²) in [6.45, 7) is -1.00. The Morgan fingerprint density at radius 2 is 2.17 bits per heavy atom. The molecule has 0 fully saturated rings. The van der Waals surface area contributed by atoms with Crippen LogP contribution in [-0.2, 0) is 0 Å². The second-order valence-corrected chi connectivity index (χ2v) is 3.12. The van der Waals surface area contributed by atoms with E-state index in [0.717, 1.165) is 6.20 Å². The van der Waals surface area contributed by atoms with E-state index in [1.54, 1.807) is 6.92 Å². The van der Waals surface area contributed by atoms with E-state index in [-0.39, 0.29) is 18.1 Å². The van der Waals surface area contributed by atoms with Crippen LogP contribution >= 0.6 is 0 Å².